The van der Waals surface area contributed by atoms with Gasteiger partial charge in [-0.2, -0.15) is 0 Å². The van der Waals surface area contributed by atoms with Crippen LogP contribution < -0.4 is 9.47 Å². The van der Waals surface area contributed by atoms with Gasteiger partial charge in [-0.15, -0.1) is 0 Å². The Morgan fingerprint density at radius 2 is 1.25 bits per heavy atom. The van der Waals surface area contributed by atoms with Gasteiger partial charge < -0.3 is 14.6 Å². The maximum Gasteiger partial charge on any atom is 0.128 e. The van der Waals surface area contributed by atoms with Crippen molar-refractivity contribution in [1.82, 2.24) is 0 Å². The summed E-state index contributed by atoms with van der Waals surface area (Å²) in [4.78, 5) is 0. The third-order valence-electron chi connectivity index (χ3n) is 3.55. The van der Waals surface area contributed by atoms with Crippen LogP contribution in [0.3, 0.4) is 0 Å². The fourth-order valence-corrected chi connectivity index (χ4v) is 2.55. The highest BCUT2D eigenvalue weighted by atomic mass is 16.5. The molecule has 1 N–H and O–H groups in total. The van der Waals surface area contributed by atoms with E-state index in [0.29, 0.717) is 17.1 Å². The molecule has 0 aliphatic heterocycles. The zero-order valence-electron chi connectivity index (χ0n) is 12.3. The van der Waals surface area contributed by atoms with Crippen LogP contribution in [0.15, 0.2) is 36.4 Å². The lowest BCUT2D eigenvalue weighted by Gasteiger charge is -2.21. The summed E-state index contributed by atoms with van der Waals surface area (Å²) in [6, 6.07) is 11.5. The fourth-order valence-electron chi connectivity index (χ4n) is 2.55. The van der Waals surface area contributed by atoms with Gasteiger partial charge in [0.1, 0.15) is 17.6 Å². The molecule has 0 aliphatic rings. The highest BCUT2D eigenvalue weighted by molar-refractivity contribution is 5.52. The van der Waals surface area contributed by atoms with Gasteiger partial charge >= 0.3 is 0 Å². The van der Waals surface area contributed by atoms with Crippen LogP contribution >= 0.6 is 0 Å². The minimum absolute atomic E-state index is 0.625. The van der Waals surface area contributed by atoms with Gasteiger partial charge in [0, 0.05) is 0 Å². The molecule has 0 amide bonds. The van der Waals surface area contributed by atoms with Crippen molar-refractivity contribution in [3.8, 4) is 11.5 Å². The van der Waals surface area contributed by atoms with Gasteiger partial charge in [0.05, 0.1) is 19.8 Å². The molecule has 20 heavy (non-hydrogen) atoms. The number of rotatable bonds is 4. The molecule has 0 heterocycles. The van der Waals surface area contributed by atoms with Crippen LogP contribution in [0.5, 0.6) is 11.5 Å². The monoisotopic (exact) mass is 272 g/mol. The normalized spacial score (nSPS) is 12.1. The van der Waals surface area contributed by atoms with Crippen LogP contribution in [0.1, 0.15) is 28.4 Å². The number of ether oxygens (including phenoxy) is 2. The molecule has 0 spiro atoms. The number of aliphatic hydroxyl groups is 1. The second-order valence-electron chi connectivity index (χ2n) is 4.78. The van der Waals surface area contributed by atoms with Gasteiger partial charge in [-0.05, 0) is 42.7 Å². The molecule has 0 radical (unpaired) electrons. The van der Waals surface area contributed by atoms with E-state index in [1.807, 2.05) is 50.2 Å². The Morgan fingerprint density at radius 1 is 0.800 bits per heavy atom. The van der Waals surface area contributed by atoms with Gasteiger partial charge in [0.25, 0.3) is 0 Å². The van der Waals surface area contributed by atoms with Crippen LogP contribution in [0, 0.1) is 13.8 Å². The summed E-state index contributed by atoms with van der Waals surface area (Å²) < 4.78 is 10.7. The quantitative estimate of drug-likeness (QED) is 0.927. The van der Waals surface area contributed by atoms with Gasteiger partial charge in [-0.3, -0.25) is 0 Å². The second kappa shape index (κ2) is 5.97. The molecule has 3 heteroatoms. The highest BCUT2D eigenvalue weighted by Gasteiger charge is 2.22. The van der Waals surface area contributed by atoms with Gasteiger partial charge in [-0.25, -0.2) is 0 Å². The van der Waals surface area contributed by atoms with Crippen molar-refractivity contribution in [1.29, 1.82) is 0 Å². The average molecular weight is 272 g/mol. The fraction of sp³-hybridized carbons (Fsp3) is 0.294. The maximum absolute atomic E-state index is 10.8. The first-order valence-corrected chi connectivity index (χ1v) is 6.55. The number of aliphatic hydroxyl groups excluding tert-OH is 1. The number of hydrogen-bond donors (Lipinski definition) is 1. The highest BCUT2D eigenvalue weighted by Crippen LogP contribution is 2.39. The van der Waals surface area contributed by atoms with E-state index in [1.54, 1.807) is 14.2 Å². The Labute approximate surface area is 119 Å². The molecule has 0 fully saturated rings. The molecule has 0 aliphatic carbocycles. The minimum atomic E-state index is -0.776. The molecule has 2 aromatic carbocycles. The van der Waals surface area contributed by atoms with E-state index in [1.165, 1.54) is 0 Å². The first-order chi connectivity index (χ1) is 9.60. The molecule has 0 saturated heterocycles. The molecule has 0 bridgehead atoms. The standard InChI is InChI=1S/C17H20O3/c1-11-7-5-8-12(2)15(11)17(18)16-13(19-3)9-6-10-14(16)20-4/h5-10,17-18H,1-4H3. The molecule has 106 valence electrons. The third-order valence-corrected chi connectivity index (χ3v) is 3.55. The Hall–Kier alpha value is -2.00. The Kier molecular flexibility index (Phi) is 4.30. The van der Waals surface area contributed by atoms with Crippen molar-refractivity contribution in [2.75, 3.05) is 14.2 Å². The van der Waals surface area contributed by atoms with Crippen LogP contribution in [-0.4, -0.2) is 19.3 Å². The van der Waals surface area contributed by atoms with Crippen LogP contribution in [0.25, 0.3) is 0 Å². The van der Waals surface area contributed by atoms with Gasteiger partial charge in [0.2, 0.25) is 0 Å². The van der Waals surface area contributed by atoms with E-state index in [0.717, 1.165) is 16.7 Å². The van der Waals surface area contributed by atoms with Crippen molar-refractivity contribution >= 4 is 0 Å². The second-order valence-corrected chi connectivity index (χ2v) is 4.78. The van der Waals surface area contributed by atoms with Crippen molar-refractivity contribution in [3.05, 3.63) is 58.7 Å². The van der Waals surface area contributed by atoms with E-state index in [-0.39, 0.29) is 0 Å². The predicted octanol–water partition coefficient (Wildman–Crippen LogP) is 3.40. The van der Waals surface area contributed by atoms with Gasteiger partial charge in [0.15, 0.2) is 0 Å². The molecule has 1 atom stereocenters. The molecule has 2 aromatic rings. The Balaban J connectivity index is 2.61. The zero-order chi connectivity index (χ0) is 14.7. The van der Waals surface area contributed by atoms with E-state index in [4.69, 9.17) is 9.47 Å². The van der Waals surface area contributed by atoms with Crippen molar-refractivity contribution in [2.24, 2.45) is 0 Å². The number of methoxy groups -OCH3 is 2. The summed E-state index contributed by atoms with van der Waals surface area (Å²) in [6.45, 7) is 3.99. The average Bonchev–Trinajstić information content (AvgIpc) is 2.45. The molecule has 3 nitrogen and oxygen atoms in total. The molecule has 0 saturated carbocycles. The molecule has 1 unspecified atom stereocenters. The van der Waals surface area contributed by atoms with Crippen LogP contribution in [0.4, 0.5) is 0 Å². The summed E-state index contributed by atoms with van der Waals surface area (Å²) in [6.07, 6.45) is -0.776. The SMILES string of the molecule is COc1cccc(OC)c1C(O)c1c(C)cccc1C. The predicted molar refractivity (Wildman–Crippen MR) is 79.5 cm³/mol. The first-order valence-electron chi connectivity index (χ1n) is 6.55. The van der Waals surface area contributed by atoms with Crippen molar-refractivity contribution in [3.63, 3.8) is 0 Å². The molecular weight excluding hydrogens is 252 g/mol. The smallest absolute Gasteiger partial charge is 0.128 e. The summed E-state index contributed by atoms with van der Waals surface area (Å²) in [5.74, 6) is 1.25. The first kappa shape index (κ1) is 14.4. The summed E-state index contributed by atoms with van der Waals surface area (Å²) in [5, 5.41) is 10.8. The Bertz CT molecular complexity index is 563. The minimum Gasteiger partial charge on any atom is -0.496 e. The van der Waals surface area contributed by atoms with Crippen LogP contribution in [0.2, 0.25) is 0 Å². The Morgan fingerprint density at radius 3 is 1.70 bits per heavy atom. The van der Waals surface area contributed by atoms with Crippen LogP contribution in [-0.2, 0) is 0 Å². The summed E-state index contributed by atoms with van der Waals surface area (Å²) in [5.41, 5.74) is 3.65. The maximum atomic E-state index is 10.8. The lowest BCUT2D eigenvalue weighted by Crippen LogP contribution is -2.08. The number of hydrogen-bond acceptors (Lipinski definition) is 3. The lowest BCUT2D eigenvalue weighted by atomic mass is 9.92. The molecule has 2 rings (SSSR count). The van der Waals surface area contributed by atoms with E-state index in [9.17, 15) is 5.11 Å². The number of aryl methyl sites for hydroxylation is 2. The molecule has 0 aromatic heterocycles. The molecular formula is C17H20O3. The third kappa shape index (κ3) is 2.49. The van der Waals surface area contributed by atoms with Gasteiger partial charge in [-0.1, -0.05) is 24.3 Å². The van der Waals surface area contributed by atoms with E-state index >= 15 is 0 Å². The number of benzene rings is 2. The van der Waals surface area contributed by atoms with E-state index in [2.05, 4.69) is 0 Å². The topological polar surface area (TPSA) is 38.7 Å². The van der Waals surface area contributed by atoms with E-state index < -0.39 is 6.10 Å². The van der Waals surface area contributed by atoms with Crippen molar-refractivity contribution < 1.29 is 14.6 Å². The zero-order valence-corrected chi connectivity index (χ0v) is 12.3. The summed E-state index contributed by atoms with van der Waals surface area (Å²) >= 11 is 0. The summed E-state index contributed by atoms with van der Waals surface area (Å²) in [7, 11) is 3.19. The largest absolute Gasteiger partial charge is 0.496 e. The lowest BCUT2D eigenvalue weighted by molar-refractivity contribution is 0.207. The van der Waals surface area contributed by atoms with Crippen molar-refractivity contribution in [2.45, 2.75) is 20.0 Å².